The Morgan fingerprint density at radius 3 is 0.893 bits per heavy atom. The van der Waals surface area contributed by atoms with E-state index < -0.39 is 0 Å². The Labute approximate surface area is 182 Å². The van der Waals surface area contributed by atoms with Gasteiger partial charge < -0.3 is 0 Å². The fourth-order valence-electron chi connectivity index (χ4n) is 4.88. The summed E-state index contributed by atoms with van der Waals surface area (Å²) in [6.45, 7) is 14.8. The Hall–Kier alpha value is 0.430. The molecule has 0 radical (unpaired) electrons. The molecule has 0 N–H and O–H groups in total. The maximum atomic E-state index is 2.62. The average molecular weight is 413 g/mol. The van der Waals surface area contributed by atoms with E-state index in [1.807, 2.05) is 0 Å². The number of unbranched alkanes of at least 4 members (excludes halogenated alkanes) is 12. The van der Waals surface area contributed by atoms with Gasteiger partial charge >= 0.3 is 0 Å². The quantitative estimate of drug-likeness (QED) is 0.130. The fraction of sp³-hybridized carbons (Fsp3) is 1.00. The van der Waals surface area contributed by atoms with Crippen LogP contribution >= 0.6 is 7.92 Å². The Morgan fingerprint density at radius 2 is 0.643 bits per heavy atom. The predicted molar refractivity (Wildman–Crippen MR) is 135 cm³/mol. The minimum atomic E-state index is 0.182. The molecule has 0 fully saturated rings. The van der Waals surface area contributed by atoms with Crippen molar-refractivity contribution in [2.75, 3.05) is 0 Å². The molecule has 0 heterocycles. The molecule has 0 aromatic heterocycles. The summed E-state index contributed by atoms with van der Waals surface area (Å²) in [6, 6.07) is 0. The second kappa shape index (κ2) is 20.7. The standard InChI is InChI=1S/C27H57P/c1-7-10-13-16-19-22-25(4)28(26(5)23-20-17-14-11-8-2)27(6)24-21-18-15-12-9-3/h25-27H,7-24H2,1-6H3. The highest BCUT2D eigenvalue weighted by Gasteiger charge is 2.27. The van der Waals surface area contributed by atoms with E-state index in [0.29, 0.717) is 0 Å². The zero-order valence-corrected chi connectivity index (χ0v) is 21.8. The van der Waals surface area contributed by atoms with Gasteiger partial charge in [-0.05, 0) is 36.2 Å². The van der Waals surface area contributed by atoms with Crippen LogP contribution in [0.3, 0.4) is 0 Å². The average Bonchev–Trinajstić information content (AvgIpc) is 2.67. The van der Waals surface area contributed by atoms with Gasteiger partial charge in [-0.3, -0.25) is 0 Å². The van der Waals surface area contributed by atoms with Gasteiger partial charge in [0.05, 0.1) is 0 Å². The SMILES string of the molecule is CCCCCCCC(C)P(C(C)CCCCCCC)C(C)CCCCCCC. The van der Waals surface area contributed by atoms with Gasteiger partial charge in [0.2, 0.25) is 0 Å². The van der Waals surface area contributed by atoms with Crippen LogP contribution in [0.4, 0.5) is 0 Å². The van der Waals surface area contributed by atoms with Crippen molar-refractivity contribution in [1.29, 1.82) is 0 Å². The molecule has 0 rings (SSSR count). The van der Waals surface area contributed by atoms with Gasteiger partial charge in [0, 0.05) is 0 Å². The van der Waals surface area contributed by atoms with Crippen LogP contribution in [0, 0.1) is 0 Å². The van der Waals surface area contributed by atoms with Gasteiger partial charge in [-0.15, -0.1) is 0 Å². The largest absolute Gasteiger partial charge is 0.0980 e. The maximum Gasteiger partial charge on any atom is -0.0233 e. The van der Waals surface area contributed by atoms with Gasteiger partial charge in [0.15, 0.2) is 0 Å². The van der Waals surface area contributed by atoms with Crippen molar-refractivity contribution >= 4 is 7.92 Å². The summed E-state index contributed by atoms with van der Waals surface area (Å²) in [5.41, 5.74) is 2.94. The predicted octanol–water partition coefficient (Wildman–Crippen LogP) is 10.7. The van der Waals surface area contributed by atoms with Crippen molar-refractivity contribution < 1.29 is 0 Å². The fourth-order valence-corrected chi connectivity index (χ4v) is 8.93. The minimum absolute atomic E-state index is 0.182. The Balaban J connectivity index is 4.48. The molecule has 28 heavy (non-hydrogen) atoms. The van der Waals surface area contributed by atoms with Crippen molar-refractivity contribution in [3.8, 4) is 0 Å². The highest BCUT2D eigenvalue weighted by molar-refractivity contribution is 7.59. The van der Waals surface area contributed by atoms with E-state index in [9.17, 15) is 0 Å². The number of rotatable bonds is 21. The molecule has 3 unspecified atom stereocenters. The van der Waals surface area contributed by atoms with E-state index >= 15 is 0 Å². The lowest BCUT2D eigenvalue weighted by Gasteiger charge is -2.36. The molecule has 0 aliphatic heterocycles. The Kier molecular flexibility index (Phi) is 21.0. The van der Waals surface area contributed by atoms with E-state index in [0.717, 1.165) is 17.0 Å². The zero-order valence-electron chi connectivity index (χ0n) is 20.9. The highest BCUT2D eigenvalue weighted by atomic mass is 31.1. The second-order valence-electron chi connectivity index (χ2n) is 9.60. The van der Waals surface area contributed by atoms with Crippen LogP contribution in [0.2, 0.25) is 0 Å². The van der Waals surface area contributed by atoms with E-state index in [1.165, 1.54) is 116 Å². The summed E-state index contributed by atoms with van der Waals surface area (Å²) in [5.74, 6) is 0. The molecule has 0 saturated carbocycles. The smallest absolute Gasteiger partial charge is 0.0233 e. The van der Waals surface area contributed by atoms with Crippen LogP contribution in [-0.2, 0) is 0 Å². The summed E-state index contributed by atoms with van der Waals surface area (Å²) >= 11 is 0. The summed E-state index contributed by atoms with van der Waals surface area (Å²) in [6.07, 6.45) is 26.1. The van der Waals surface area contributed by atoms with Crippen LogP contribution in [0.25, 0.3) is 0 Å². The van der Waals surface area contributed by atoms with E-state index in [1.54, 1.807) is 0 Å². The third kappa shape index (κ3) is 15.3. The van der Waals surface area contributed by atoms with Crippen molar-refractivity contribution in [3.05, 3.63) is 0 Å². The van der Waals surface area contributed by atoms with E-state index in [-0.39, 0.29) is 7.92 Å². The van der Waals surface area contributed by atoms with Crippen LogP contribution in [0.15, 0.2) is 0 Å². The van der Waals surface area contributed by atoms with Gasteiger partial charge in [0.1, 0.15) is 0 Å². The first-order valence-electron chi connectivity index (χ1n) is 13.4. The molecule has 0 spiro atoms. The molecular formula is C27H57P. The Morgan fingerprint density at radius 1 is 0.393 bits per heavy atom. The summed E-state index contributed by atoms with van der Waals surface area (Å²) in [5, 5.41) is 0. The minimum Gasteiger partial charge on any atom is -0.0980 e. The third-order valence-electron chi connectivity index (χ3n) is 6.70. The maximum absolute atomic E-state index is 2.62. The van der Waals surface area contributed by atoms with Crippen LogP contribution < -0.4 is 0 Å². The van der Waals surface area contributed by atoms with Crippen molar-refractivity contribution in [3.63, 3.8) is 0 Å². The van der Waals surface area contributed by atoms with Crippen LogP contribution in [0.1, 0.15) is 157 Å². The van der Waals surface area contributed by atoms with E-state index in [2.05, 4.69) is 41.5 Å². The van der Waals surface area contributed by atoms with E-state index in [4.69, 9.17) is 0 Å². The topological polar surface area (TPSA) is 0 Å². The van der Waals surface area contributed by atoms with Gasteiger partial charge in [-0.2, -0.15) is 0 Å². The van der Waals surface area contributed by atoms with Crippen LogP contribution in [-0.4, -0.2) is 17.0 Å². The molecule has 0 aromatic rings. The lowest BCUT2D eigenvalue weighted by atomic mass is 10.1. The normalized spacial score (nSPS) is 16.1. The molecule has 0 aliphatic carbocycles. The molecular weight excluding hydrogens is 355 g/mol. The molecule has 0 aromatic carbocycles. The zero-order chi connectivity index (χ0) is 21.0. The van der Waals surface area contributed by atoms with Crippen molar-refractivity contribution in [2.24, 2.45) is 0 Å². The molecule has 0 bridgehead atoms. The number of hydrogen-bond donors (Lipinski definition) is 0. The molecule has 0 saturated heterocycles. The summed E-state index contributed by atoms with van der Waals surface area (Å²) < 4.78 is 0. The number of hydrogen-bond acceptors (Lipinski definition) is 0. The van der Waals surface area contributed by atoms with Crippen LogP contribution in [0.5, 0.6) is 0 Å². The van der Waals surface area contributed by atoms with Gasteiger partial charge in [-0.1, -0.05) is 146 Å². The van der Waals surface area contributed by atoms with Gasteiger partial charge in [0.25, 0.3) is 0 Å². The van der Waals surface area contributed by atoms with Gasteiger partial charge in [-0.25, -0.2) is 0 Å². The third-order valence-corrected chi connectivity index (χ3v) is 10.5. The highest BCUT2D eigenvalue weighted by Crippen LogP contribution is 2.55. The molecule has 0 aliphatic rings. The molecule has 0 amide bonds. The lowest BCUT2D eigenvalue weighted by molar-refractivity contribution is 0.579. The second-order valence-corrected chi connectivity index (χ2v) is 13.1. The summed E-state index contributed by atoms with van der Waals surface area (Å²) in [7, 11) is 0.182. The van der Waals surface area contributed by atoms with Crippen molar-refractivity contribution in [2.45, 2.75) is 174 Å². The summed E-state index contributed by atoms with van der Waals surface area (Å²) in [4.78, 5) is 0. The molecule has 3 atom stereocenters. The van der Waals surface area contributed by atoms with Crippen molar-refractivity contribution in [1.82, 2.24) is 0 Å². The molecule has 0 nitrogen and oxygen atoms in total. The molecule has 1 heteroatoms. The Bertz CT molecular complexity index is 253. The monoisotopic (exact) mass is 412 g/mol. The molecule has 170 valence electrons. The lowest BCUT2D eigenvalue weighted by Crippen LogP contribution is -2.18. The first-order valence-corrected chi connectivity index (χ1v) is 14.9. The first kappa shape index (κ1) is 28.4. The first-order chi connectivity index (χ1) is 13.6.